The summed E-state index contributed by atoms with van der Waals surface area (Å²) < 4.78 is 3.50. The number of fused-ring (bicyclic) bond motifs is 1. The number of para-hydroxylation sites is 1. The topological polar surface area (TPSA) is 77.1 Å². The quantitative estimate of drug-likeness (QED) is 0.520. The molecule has 0 aliphatic carbocycles. The standard InChI is InChI=1S/C20H18Cl2N6O/c1-3-16-25-19(26-28(16)18-14(21)7-5-8-15(18)22)20(29)23-10-13-11-27-12(2)6-4-9-17(27)24-13/h4-9,11H,3,10H2,1-2H3,(H,23,29). The second-order valence-corrected chi connectivity index (χ2v) is 7.31. The van der Waals surface area contributed by atoms with Crippen LogP contribution in [0.5, 0.6) is 0 Å². The predicted octanol–water partition coefficient (Wildman–Crippen LogP) is 4.02. The molecule has 0 saturated carbocycles. The van der Waals surface area contributed by atoms with Crippen LogP contribution in [0, 0.1) is 6.92 Å². The van der Waals surface area contributed by atoms with Crippen molar-refractivity contribution in [3.05, 3.63) is 75.7 Å². The molecular weight excluding hydrogens is 411 g/mol. The monoisotopic (exact) mass is 428 g/mol. The summed E-state index contributed by atoms with van der Waals surface area (Å²) in [7, 11) is 0. The van der Waals surface area contributed by atoms with Crippen LogP contribution in [0.4, 0.5) is 0 Å². The van der Waals surface area contributed by atoms with Gasteiger partial charge < -0.3 is 9.72 Å². The van der Waals surface area contributed by atoms with Gasteiger partial charge in [-0.2, -0.15) is 0 Å². The van der Waals surface area contributed by atoms with Gasteiger partial charge in [0.05, 0.1) is 22.3 Å². The summed E-state index contributed by atoms with van der Waals surface area (Å²) in [5.74, 6) is 0.252. The summed E-state index contributed by atoms with van der Waals surface area (Å²) >= 11 is 12.6. The molecule has 1 N–H and O–H groups in total. The largest absolute Gasteiger partial charge is 0.344 e. The minimum absolute atomic E-state index is 0.0535. The zero-order valence-corrected chi connectivity index (χ0v) is 17.4. The molecule has 3 aromatic heterocycles. The number of carbonyl (C=O) groups excluding carboxylic acids is 1. The van der Waals surface area contributed by atoms with Gasteiger partial charge in [0.1, 0.15) is 17.2 Å². The molecule has 0 bridgehead atoms. The van der Waals surface area contributed by atoms with Crippen molar-refractivity contribution in [2.24, 2.45) is 0 Å². The first kappa shape index (κ1) is 19.4. The van der Waals surface area contributed by atoms with Crippen LogP contribution < -0.4 is 5.32 Å². The maximum absolute atomic E-state index is 12.6. The fraction of sp³-hybridized carbons (Fsp3) is 0.200. The fourth-order valence-corrected chi connectivity index (χ4v) is 3.63. The van der Waals surface area contributed by atoms with Crippen molar-refractivity contribution in [2.45, 2.75) is 26.8 Å². The smallest absolute Gasteiger partial charge is 0.291 e. The maximum atomic E-state index is 12.6. The zero-order chi connectivity index (χ0) is 20.5. The fourth-order valence-electron chi connectivity index (χ4n) is 3.07. The molecule has 1 aromatic carbocycles. The van der Waals surface area contributed by atoms with E-state index < -0.39 is 5.91 Å². The van der Waals surface area contributed by atoms with Crippen LogP contribution >= 0.6 is 23.2 Å². The summed E-state index contributed by atoms with van der Waals surface area (Å²) in [6.07, 6.45) is 2.46. The van der Waals surface area contributed by atoms with Gasteiger partial charge in [0.25, 0.3) is 5.91 Å². The van der Waals surface area contributed by atoms with Crippen molar-refractivity contribution in [3.63, 3.8) is 0 Å². The number of aromatic nitrogens is 5. The first-order valence-corrected chi connectivity index (χ1v) is 9.85. The Balaban J connectivity index is 1.57. The average Bonchev–Trinajstić information content (AvgIpc) is 3.31. The summed E-state index contributed by atoms with van der Waals surface area (Å²) in [5.41, 5.74) is 3.16. The number of hydrogen-bond donors (Lipinski definition) is 1. The van der Waals surface area contributed by atoms with E-state index in [1.54, 1.807) is 18.2 Å². The molecule has 3 heterocycles. The van der Waals surface area contributed by atoms with E-state index in [0.29, 0.717) is 28.0 Å². The molecule has 4 aromatic rings. The molecule has 7 nitrogen and oxygen atoms in total. The lowest BCUT2D eigenvalue weighted by molar-refractivity contribution is 0.0940. The number of halogens is 2. The van der Waals surface area contributed by atoms with Gasteiger partial charge in [-0.05, 0) is 31.2 Å². The van der Waals surface area contributed by atoms with Crippen molar-refractivity contribution < 1.29 is 4.79 Å². The number of carbonyl (C=O) groups is 1. The van der Waals surface area contributed by atoms with Crippen molar-refractivity contribution >= 4 is 34.8 Å². The van der Waals surface area contributed by atoms with E-state index in [2.05, 4.69) is 20.4 Å². The van der Waals surface area contributed by atoms with Crippen LogP contribution in [0.15, 0.2) is 42.6 Å². The number of nitrogens with one attached hydrogen (secondary N) is 1. The van der Waals surface area contributed by atoms with E-state index in [-0.39, 0.29) is 12.4 Å². The van der Waals surface area contributed by atoms with Crippen molar-refractivity contribution in [1.82, 2.24) is 29.5 Å². The Hall–Kier alpha value is -2.90. The predicted molar refractivity (Wildman–Crippen MR) is 112 cm³/mol. The van der Waals surface area contributed by atoms with Gasteiger partial charge in [-0.15, -0.1) is 5.10 Å². The summed E-state index contributed by atoms with van der Waals surface area (Å²) in [5, 5.41) is 8.03. The van der Waals surface area contributed by atoms with Crippen LogP contribution in [-0.2, 0) is 13.0 Å². The summed E-state index contributed by atoms with van der Waals surface area (Å²) in [4.78, 5) is 21.5. The highest BCUT2D eigenvalue weighted by atomic mass is 35.5. The molecule has 148 valence electrons. The van der Waals surface area contributed by atoms with Gasteiger partial charge in [0.15, 0.2) is 0 Å². The number of benzene rings is 1. The minimum Gasteiger partial charge on any atom is -0.344 e. The van der Waals surface area contributed by atoms with Crippen LogP contribution in [-0.4, -0.2) is 30.1 Å². The minimum atomic E-state index is -0.393. The molecule has 0 spiro atoms. The first-order valence-electron chi connectivity index (χ1n) is 9.10. The van der Waals surface area contributed by atoms with Crippen LogP contribution in [0.2, 0.25) is 10.0 Å². The van der Waals surface area contributed by atoms with E-state index in [0.717, 1.165) is 17.0 Å². The first-order chi connectivity index (χ1) is 14.0. The molecule has 0 unspecified atom stereocenters. The zero-order valence-electron chi connectivity index (χ0n) is 15.9. The third-order valence-corrected chi connectivity index (χ3v) is 5.13. The third-order valence-electron chi connectivity index (χ3n) is 4.52. The molecule has 0 aliphatic rings. The number of rotatable bonds is 5. The number of aryl methyl sites for hydroxylation is 2. The van der Waals surface area contributed by atoms with Gasteiger partial charge in [0, 0.05) is 18.3 Å². The normalized spacial score (nSPS) is 11.2. The third kappa shape index (κ3) is 3.71. The maximum Gasteiger partial charge on any atom is 0.291 e. The highest BCUT2D eigenvalue weighted by molar-refractivity contribution is 6.37. The summed E-state index contributed by atoms with van der Waals surface area (Å²) in [6, 6.07) is 11.1. The Bertz CT molecular complexity index is 1190. The van der Waals surface area contributed by atoms with Crippen LogP contribution in [0.1, 0.15) is 34.8 Å². The molecule has 0 radical (unpaired) electrons. The highest BCUT2D eigenvalue weighted by Crippen LogP contribution is 2.28. The van der Waals surface area contributed by atoms with E-state index in [1.807, 2.05) is 42.6 Å². The van der Waals surface area contributed by atoms with E-state index in [9.17, 15) is 4.79 Å². The van der Waals surface area contributed by atoms with Crippen LogP contribution in [0.25, 0.3) is 11.3 Å². The van der Waals surface area contributed by atoms with Gasteiger partial charge in [-0.25, -0.2) is 14.6 Å². The number of pyridine rings is 1. The second kappa shape index (κ2) is 7.85. The van der Waals surface area contributed by atoms with Gasteiger partial charge >= 0.3 is 0 Å². The lowest BCUT2D eigenvalue weighted by atomic mass is 10.3. The van der Waals surface area contributed by atoms with E-state index in [1.165, 1.54) is 4.68 Å². The Morgan fingerprint density at radius 3 is 2.52 bits per heavy atom. The molecule has 29 heavy (non-hydrogen) atoms. The lowest BCUT2D eigenvalue weighted by Crippen LogP contribution is -2.24. The van der Waals surface area contributed by atoms with E-state index in [4.69, 9.17) is 23.2 Å². The number of amides is 1. The average molecular weight is 429 g/mol. The number of imidazole rings is 1. The molecule has 0 saturated heterocycles. The Morgan fingerprint density at radius 2 is 1.83 bits per heavy atom. The molecule has 0 fully saturated rings. The molecule has 4 rings (SSSR count). The number of hydrogen-bond acceptors (Lipinski definition) is 4. The molecule has 9 heteroatoms. The second-order valence-electron chi connectivity index (χ2n) is 6.50. The van der Waals surface area contributed by atoms with Crippen molar-refractivity contribution in [3.8, 4) is 5.69 Å². The summed E-state index contributed by atoms with van der Waals surface area (Å²) in [6.45, 7) is 4.19. The Kier molecular flexibility index (Phi) is 5.25. The molecule has 1 amide bonds. The van der Waals surface area contributed by atoms with Gasteiger partial charge in [-0.1, -0.05) is 42.3 Å². The van der Waals surface area contributed by atoms with Crippen molar-refractivity contribution in [1.29, 1.82) is 0 Å². The lowest BCUT2D eigenvalue weighted by Gasteiger charge is -2.08. The Morgan fingerprint density at radius 1 is 1.10 bits per heavy atom. The van der Waals surface area contributed by atoms with Crippen molar-refractivity contribution in [2.75, 3.05) is 0 Å². The number of nitrogens with zero attached hydrogens (tertiary/aromatic N) is 5. The van der Waals surface area contributed by atoms with Gasteiger partial charge in [-0.3, -0.25) is 4.79 Å². The van der Waals surface area contributed by atoms with Crippen LogP contribution in [0.3, 0.4) is 0 Å². The molecular formula is C20H18Cl2N6O. The van der Waals surface area contributed by atoms with Gasteiger partial charge in [0.2, 0.25) is 5.82 Å². The molecule has 0 aliphatic heterocycles. The van der Waals surface area contributed by atoms with E-state index >= 15 is 0 Å². The Labute approximate surface area is 177 Å². The SMILES string of the molecule is CCc1nc(C(=O)NCc2cn3c(C)cccc3n2)nn1-c1c(Cl)cccc1Cl. The molecule has 0 atom stereocenters. The highest BCUT2D eigenvalue weighted by Gasteiger charge is 2.19.